The first-order chi connectivity index (χ1) is 6.84. The Bertz CT molecular complexity index is 179. The Balaban J connectivity index is 1.97. The second-order valence-corrected chi connectivity index (χ2v) is 4.08. The third-order valence-corrected chi connectivity index (χ3v) is 3.00. The van der Waals surface area contributed by atoms with Crippen LogP contribution in [0.1, 0.15) is 32.1 Å². The summed E-state index contributed by atoms with van der Waals surface area (Å²) in [4.78, 5) is 2.45. The molecular weight excluding hydrogens is 174 g/mol. The Hall–Kier alpha value is -0.590. The van der Waals surface area contributed by atoms with Crippen molar-refractivity contribution < 1.29 is 0 Å². The summed E-state index contributed by atoms with van der Waals surface area (Å²) in [6, 6.07) is 2.95. The normalized spacial score (nSPS) is 17.5. The molecule has 1 saturated carbocycles. The van der Waals surface area contributed by atoms with E-state index in [9.17, 15) is 0 Å². The molecule has 0 radical (unpaired) electrons. The number of hydrogen-bond donors (Lipinski definition) is 1. The number of likely N-dealkylation sites (N-methyl/N-ethyl adjacent to an activating group) is 1. The minimum atomic E-state index is 0.618. The molecule has 0 aromatic carbocycles. The van der Waals surface area contributed by atoms with Gasteiger partial charge in [-0.05, 0) is 19.9 Å². The van der Waals surface area contributed by atoms with E-state index in [2.05, 4.69) is 23.3 Å². The molecule has 0 unspecified atom stereocenters. The summed E-state index contributed by atoms with van der Waals surface area (Å²) in [7, 11) is 2.21. The molecule has 1 rings (SSSR count). The Morgan fingerprint density at radius 3 is 2.71 bits per heavy atom. The van der Waals surface area contributed by atoms with Crippen molar-refractivity contribution >= 4 is 0 Å². The van der Waals surface area contributed by atoms with Crippen LogP contribution in [0.4, 0.5) is 0 Å². The summed E-state index contributed by atoms with van der Waals surface area (Å²) in [5.41, 5.74) is 0. The number of rotatable bonds is 6. The van der Waals surface area contributed by atoms with Crippen LogP contribution < -0.4 is 5.32 Å². The molecule has 0 atom stereocenters. The maximum atomic E-state index is 8.35. The van der Waals surface area contributed by atoms with Gasteiger partial charge in [0.15, 0.2) is 0 Å². The molecule has 0 aromatic rings. The molecule has 1 aliphatic carbocycles. The second kappa shape index (κ2) is 6.80. The molecule has 3 nitrogen and oxygen atoms in total. The molecule has 0 amide bonds. The molecule has 1 N–H and O–H groups in total. The van der Waals surface area contributed by atoms with E-state index < -0.39 is 0 Å². The summed E-state index contributed by atoms with van der Waals surface area (Å²) in [5.74, 6) is 0. The van der Waals surface area contributed by atoms with Crippen LogP contribution in [0.2, 0.25) is 0 Å². The van der Waals surface area contributed by atoms with Crippen LogP contribution in [0, 0.1) is 11.3 Å². The summed E-state index contributed by atoms with van der Waals surface area (Å²) in [6.45, 7) is 2.94. The topological polar surface area (TPSA) is 39.1 Å². The van der Waals surface area contributed by atoms with Crippen LogP contribution in [0.5, 0.6) is 0 Å². The van der Waals surface area contributed by atoms with E-state index in [0.717, 1.165) is 25.7 Å². The average Bonchev–Trinajstić information content (AvgIpc) is 2.70. The van der Waals surface area contributed by atoms with Gasteiger partial charge in [0.2, 0.25) is 0 Å². The quantitative estimate of drug-likeness (QED) is 0.650. The van der Waals surface area contributed by atoms with Gasteiger partial charge in [-0.1, -0.05) is 12.8 Å². The number of hydrogen-bond acceptors (Lipinski definition) is 3. The standard InChI is InChI=1S/C11H21N3/c1-14(11-5-2-3-6-11)10-9-13-8-4-7-12/h11,13H,2-6,8-10H2,1H3. The predicted molar refractivity (Wildman–Crippen MR) is 58.0 cm³/mol. The molecule has 0 aliphatic heterocycles. The van der Waals surface area contributed by atoms with E-state index in [1.54, 1.807) is 0 Å². The maximum absolute atomic E-state index is 8.35. The van der Waals surface area contributed by atoms with Gasteiger partial charge in [-0.25, -0.2) is 0 Å². The second-order valence-electron chi connectivity index (χ2n) is 4.08. The fourth-order valence-electron chi connectivity index (χ4n) is 2.05. The molecule has 80 valence electrons. The van der Waals surface area contributed by atoms with E-state index in [1.807, 2.05) is 0 Å². The maximum Gasteiger partial charge on any atom is 0.0635 e. The van der Waals surface area contributed by atoms with Crippen molar-refractivity contribution in [2.75, 3.05) is 26.7 Å². The van der Waals surface area contributed by atoms with E-state index in [1.165, 1.54) is 25.7 Å². The zero-order chi connectivity index (χ0) is 10.2. The first-order valence-corrected chi connectivity index (χ1v) is 5.62. The number of nitrogens with one attached hydrogen (secondary N) is 1. The summed E-state index contributed by atoms with van der Waals surface area (Å²) < 4.78 is 0. The predicted octanol–water partition coefficient (Wildman–Crippen LogP) is 1.36. The highest BCUT2D eigenvalue weighted by Crippen LogP contribution is 2.21. The van der Waals surface area contributed by atoms with Gasteiger partial charge < -0.3 is 10.2 Å². The van der Waals surface area contributed by atoms with Crippen molar-refractivity contribution in [1.29, 1.82) is 5.26 Å². The number of nitriles is 1. The van der Waals surface area contributed by atoms with E-state index in [0.29, 0.717) is 6.42 Å². The molecule has 0 heterocycles. The third-order valence-electron chi connectivity index (χ3n) is 3.00. The van der Waals surface area contributed by atoms with Crippen molar-refractivity contribution in [3.8, 4) is 6.07 Å². The van der Waals surface area contributed by atoms with Crippen molar-refractivity contribution in [2.45, 2.75) is 38.1 Å². The molecule has 0 saturated heterocycles. The lowest BCUT2D eigenvalue weighted by molar-refractivity contribution is 0.246. The van der Waals surface area contributed by atoms with Crippen molar-refractivity contribution in [2.24, 2.45) is 0 Å². The van der Waals surface area contributed by atoms with Crippen LogP contribution >= 0.6 is 0 Å². The SMILES string of the molecule is CN(CCNCCC#N)C1CCCC1. The molecule has 0 aromatic heterocycles. The lowest BCUT2D eigenvalue weighted by Gasteiger charge is -2.23. The van der Waals surface area contributed by atoms with Gasteiger partial charge in [-0.3, -0.25) is 0 Å². The molecule has 3 heteroatoms. The Labute approximate surface area is 87.1 Å². The lowest BCUT2D eigenvalue weighted by Crippen LogP contribution is -2.35. The Morgan fingerprint density at radius 2 is 2.07 bits per heavy atom. The summed E-state index contributed by atoms with van der Waals surface area (Å²) in [5, 5.41) is 11.6. The van der Waals surface area contributed by atoms with Crippen LogP contribution in [0.25, 0.3) is 0 Å². The molecule has 14 heavy (non-hydrogen) atoms. The van der Waals surface area contributed by atoms with Gasteiger partial charge in [0.1, 0.15) is 0 Å². The zero-order valence-corrected chi connectivity index (χ0v) is 9.13. The van der Waals surface area contributed by atoms with Crippen LogP contribution in [0.3, 0.4) is 0 Å². The van der Waals surface area contributed by atoms with Gasteiger partial charge in [-0.2, -0.15) is 5.26 Å². The highest BCUT2D eigenvalue weighted by Gasteiger charge is 2.18. The Kier molecular flexibility index (Phi) is 5.58. The van der Waals surface area contributed by atoms with E-state index >= 15 is 0 Å². The molecule has 0 spiro atoms. The van der Waals surface area contributed by atoms with Gasteiger partial charge in [0, 0.05) is 32.1 Å². The fourth-order valence-corrected chi connectivity index (χ4v) is 2.05. The largest absolute Gasteiger partial charge is 0.314 e. The first kappa shape index (κ1) is 11.5. The van der Waals surface area contributed by atoms with Crippen molar-refractivity contribution in [1.82, 2.24) is 10.2 Å². The Morgan fingerprint density at radius 1 is 1.36 bits per heavy atom. The highest BCUT2D eigenvalue weighted by atomic mass is 15.1. The van der Waals surface area contributed by atoms with E-state index in [-0.39, 0.29) is 0 Å². The minimum absolute atomic E-state index is 0.618. The molecular formula is C11H21N3. The minimum Gasteiger partial charge on any atom is -0.314 e. The van der Waals surface area contributed by atoms with Crippen LogP contribution in [-0.2, 0) is 0 Å². The fraction of sp³-hybridized carbons (Fsp3) is 0.909. The van der Waals surface area contributed by atoms with E-state index in [4.69, 9.17) is 5.26 Å². The van der Waals surface area contributed by atoms with Gasteiger partial charge >= 0.3 is 0 Å². The molecule has 1 fully saturated rings. The number of nitrogens with zero attached hydrogens (tertiary/aromatic N) is 2. The average molecular weight is 195 g/mol. The van der Waals surface area contributed by atoms with Crippen LogP contribution in [-0.4, -0.2) is 37.6 Å². The zero-order valence-electron chi connectivity index (χ0n) is 9.13. The van der Waals surface area contributed by atoms with Crippen LogP contribution in [0.15, 0.2) is 0 Å². The smallest absolute Gasteiger partial charge is 0.0635 e. The van der Waals surface area contributed by atoms with Crippen molar-refractivity contribution in [3.05, 3.63) is 0 Å². The van der Waals surface area contributed by atoms with Gasteiger partial charge in [0.05, 0.1) is 6.07 Å². The third kappa shape index (κ3) is 4.08. The summed E-state index contributed by atoms with van der Waals surface area (Å²) >= 11 is 0. The van der Waals surface area contributed by atoms with Gasteiger partial charge in [0.25, 0.3) is 0 Å². The first-order valence-electron chi connectivity index (χ1n) is 5.62. The van der Waals surface area contributed by atoms with Gasteiger partial charge in [-0.15, -0.1) is 0 Å². The molecule has 1 aliphatic rings. The molecule has 0 bridgehead atoms. The monoisotopic (exact) mass is 195 g/mol. The van der Waals surface area contributed by atoms with Crippen molar-refractivity contribution in [3.63, 3.8) is 0 Å². The lowest BCUT2D eigenvalue weighted by atomic mass is 10.2. The highest BCUT2D eigenvalue weighted by molar-refractivity contribution is 4.76. The summed E-state index contributed by atoms with van der Waals surface area (Å²) in [6.07, 6.45) is 6.16.